The second-order valence-electron chi connectivity index (χ2n) is 14.4. The number of hydrogen-bond donors (Lipinski definition) is 22. The number of aromatic hydroxyl groups is 22. The van der Waals surface area contributed by atoms with E-state index in [9.17, 15) is 112 Å². The molecule has 64 heavy (non-hydrogen) atoms. The predicted octanol–water partition coefficient (Wildman–Crippen LogP) is 5.29. The van der Waals surface area contributed by atoms with Gasteiger partial charge in [-0.2, -0.15) is 0 Å². The Morgan fingerprint density at radius 2 is 0.406 bits per heavy atom. The van der Waals surface area contributed by atoms with Crippen molar-refractivity contribution in [1.82, 2.24) is 0 Å². The van der Waals surface area contributed by atoms with Crippen molar-refractivity contribution in [2.24, 2.45) is 0 Å². The van der Waals surface area contributed by atoms with E-state index in [4.69, 9.17) is 8.83 Å². The molecule has 10 rings (SSSR count). The van der Waals surface area contributed by atoms with E-state index in [1.165, 1.54) is 0 Å². The second-order valence-corrected chi connectivity index (χ2v) is 14.4. The Morgan fingerprint density at radius 3 is 0.859 bits per heavy atom. The highest BCUT2D eigenvalue weighted by atomic mass is 16.4. The van der Waals surface area contributed by atoms with Gasteiger partial charge in [-0.3, -0.25) is 0 Å². The highest BCUT2D eigenvalue weighted by Gasteiger charge is 2.39. The Morgan fingerprint density at radius 1 is 0.141 bits per heavy atom. The topological polar surface area (TPSA) is 471 Å². The Hall–Kier alpha value is -10.0. The molecule has 326 valence electrons. The highest BCUT2D eigenvalue weighted by Crippen LogP contribution is 2.67. The van der Waals surface area contributed by atoms with Crippen LogP contribution in [0.5, 0.6) is 126 Å². The van der Waals surface area contributed by atoms with E-state index < -0.39 is 225 Å². The molecule has 2 aromatic heterocycles. The third-order valence-electron chi connectivity index (χ3n) is 11.4. The molecule has 10 aromatic rings. The molecule has 0 fully saturated rings. The molecule has 8 aromatic carbocycles. The van der Waals surface area contributed by atoms with Gasteiger partial charge in [-0.05, 0) is 0 Å². The summed E-state index contributed by atoms with van der Waals surface area (Å²) in [6, 6.07) is 0. The summed E-state index contributed by atoms with van der Waals surface area (Å²) in [5.74, 6) is -32.9. The number of hydrogen-bond acceptors (Lipinski definition) is 24. The molecule has 0 aliphatic carbocycles. The van der Waals surface area contributed by atoms with Gasteiger partial charge in [0.1, 0.15) is 5.75 Å². The van der Waals surface area contributed by atoms with E-state index in [2.05, 4.69) is 0 Å². The minimum absolute atomic E-state index is 0.935. The van der Waals surface area contributed by atoms with E-state index in [0.717, 1.165) is 0 Å². The molecule has 0 spiro atoms. The van der Waals surface area contributed by atoms with Gasteiger partial charge in [0.25, 0.3) is 0 Å². The lowest BCUT2D eigenvalue weighted by Crippen LogP contribution is -1.94. The maximum atomic E-state index is 11.9. The van der Waals surface area contributed by atoms with Gasteiger partial charge in [0.2, 0.25) is 63.2 Å². The van der Waals surface area contributed by atoms with Crippen LogP contribution in [0.1, 0.15) is 0 Å². The summed E-state index contributed by atoms with van der Waals surface area (Å²) in [6.07, 6.45) is 0. The van der Waals surface area contributed by atoms with Crippen molar-refractivity contribution in [3.63, 3.8) is 0 Å². The van der Waals surface area contributed by atoms with Crippen LogP contribution in [-0.2, 0) is 0 Å². The van der Waals surface area contributed by atoms with Crippen LogP contribution < -0.4 is 0 Å². The first-order valence-corrected chi connectivity index (χ1v) is 17.5. The van der Waals surface area contributed by atoms with Gasteiger partial charge in [0.05, 0.1) is 21.5 Å². The number of rotatable bonds is 1. The molecule has 0 saturated carbocycles. The number of benzene rings is 8. The zero-order chi connectivity index (χ0) is 46.5. The SMILES string of the molecule is Oc1c(O)c(-c2c3c(O)c(O)c(O)c(O)c3c3c4c(O)c(O)c(O)c5c(O)c(O)c(O)c(oc6c(O)c(O)c(O)c2c63)c54)c2c(oc3c(O)c4c(O)c(O)c(O)c(O)c4c(O)c32)c1O. The van der Waals surface area contributed by atoms with Crippen LogP contribution in [0.4, 0.5) is 0 Å². The first kappa shape index (κ1) is 38.2. The molecule has 0 aliphatic rings. The van der Waals surface area contributed by atoms with Crippen LogP contribution in [0, 0.1) is 0 Å². The lowest BCUT2D eigenvalue weighted by Gasteiger charge is -2.21. The molecule has 0 amide bonds. The lowest BCUT2D eigenvalue weighted by molar-refractivity contribution is 0.349. The Bertz CT molecular complexity index is 3960. The molecule has 0 radical (unpaired) electrons. The standard InChI is InChI=1S/C40H22O24/c41-15-12-13(24(50)30(56)29(55)23(12)49)25(51)40-14(15)10-6(20(46)32(58)35(61)39(10)64-40)1-3-4(17(43)28(54)27(53)16(3)42)2-7-9-11(21(47)26(52)18(7)44)22(48)33(59)36(62)38(9)63-37-8(2)5(1)19(45)31(57)34(37)60/h41-62H. The van der Waals surface area contributed by atoms with Crippen LogP contribution in [-0.4, -0.2) is 112 Å². The van der Waals surface area contributed by atoms with Crippen molar-refractivity contribution < 1.29 is 121 Å². The van der Waals surface area contributed by atoms with Gasteiger partial charge >= 0.3 is 0 Å². The maximum Gasteiger partial charge on any atom is 0.205 e. The summed E-state index contributed by atoms with van der Waals surface area (Å²) in [5, 5.41) is 234. The molecule has 2 heterocycles. The quantitative estimate of drug-likeness (QED) is 0.0565. The molecule has 0 atom stereocenters. The lowest BCUT2D eigenvalue weighted by atomic mass is 9.83. The Kier molecular flexibility index (Phi) is 6.82. The third kappa shape index (κ3) is 3.91. The number of furan rings is 1. The van der Waals surface area contributed by atoms with Crippen molar-refractivity contribution in [3.05, 3.63) is 0 Å². The van der Waals surface area contributed by atoms with Crippen molar-refractivity contribution in [1.29, 1.82) is 0 Å². The summed E-state index contributed by atoms with van der Waals surface area (Å²) < 4.78 is 11.4. The molecule has 24 nitrogen and oxygen atoms in total. The van der Waals surface area contributed by atoms with Gasteiger partial charge in [0.15, 0.2) is 79.8 Å². The monoisotopic (exact) mass is 886 g/mol. The number of phenols is 22. The predicted molar refractivity (Wildman–Crippen MR) is 213 cm³/mol. The molecule has 0 aliphatic heterocycles. The van der Waals surface area contributed by atoms with Gasteiger partial charge in [-0.1, -0.05) is 0 Å². The average molecular weight is 887 g/mol. The third-order valence-corrected chi connectivity index (χ3v) is 11.4. The Labute approximate surface area is 345 Å². The minimum Gasteiger partial charge on any atom is -0.506 e. The van der Waals surface area contributed by atoms with Crippen LogP contribution in [0.25, 0.3) is 98.1 Å². The van der Waals surface area contributed by atoms with Crippen molar-refractivity contribution in [3.8, 4) is 138 Å². The first-order chi connectivity index (χ1) is 30.0. The maximum absolute atomic E-state index is 11.9. The molecule has 0 unspecified atom stereocenters. The molecule has 0 bridgehead atoms. The van der Waals surface area contributed by atoms with Crippen molar-refractivity contribution in [2.45, 2.75) is 0 Å². The van der Waals surface area contributed by atoms with Crippen LogP contribution in [0.15, 0.2) is 8.83 Å². The Balaban J connectivity index is 1.65. The van der Waals surface area contributed by atoms with E-state index >= 15 is 0 Å². The fraction of sp³-hybridized carbons (Fsp3) is 0. The van der Waals surface area contributed by atoms with E-state index in [-0.39, 0.29) is 0 Å². The zero-order valence-corrected chi connectivity index (χ0v) is 30.7. The highest BCUT2D eigenvalue weighted by molar-refractivity contribution is 6.42. The van der Waals surface area contributed by atoms with Gasteiger partial charge in [-0.25, -0.2) is 0 Å². The molecule has 0 saturated heterocycles. The summed E-state index contributed by atoms with van der Waals surface area (Å²) in [6.45, 7) is 0. The molecular formula is C40H22O24. The fourth-order valence-corrected chi connectivity index (χ4v) is 8.60. The van der Waals surface area contributed by atoms with E-state index in [1.54, 1.807) is 0 Å². The largest absolute Gasteiger partial charge is 0.506 e. The summed E-state index contributed by atoms with van der Waals surface area (Å²) >= 11 is 0. The van der Waals surface area contributed by atoms with Gasteiger partial charge in [0, 0.05) is 54.2 Å². The molecule has 22 N–H and O–H groups in total. The van der Waals surface area contributed by atoms with Crippen LogP contribution in [0.3, 0.4) is 0 Å². The first-order valence-electron chi connectivity index (χ1n) is 17.5. The average Bonchev–Trinajstić information content (AvgIpc) is 3.60. The number of phenolic OH excluding ortho intramolecular Hbond substituents is 22. The van der Waals surface area contributed by atoms with Crippen LogP contribution >= 0.6 is 0 Å². The zero-order valence-electron chi connectivity index (χ0n) is 30.7. The normalized spacial score (nSPS) is 12.2. The summed E-state index contributed by atoms with van der Waals surface area (Å²) in [4.78, 5) is 0. The smallest absolute Gasteiger partial charge is 0.205 e. The number of fused-ring (bicyclic) bond motifs is 7. The summed E-state index contributed by atoms with van der Waals surface area (Å²) in [7, 11) is 0. The van der Waals surface area contributed by atoms with Gasteiger partial charge in [-0.15, -0.1) is 0 Å². The van der Waals surface area contributed by atoms with E-state index in [1.807, 2.05) is 0 Å². The fourth-order valence-electron chi connectivity index (χ4n) is 8.60. The second kappa shape index (κ2) is 11.4. The molecular weight excluding hydrogens is 864 g/mol. The molecule has 24 heteroatoms. The van der Waals surface area contributed by atoms with Crippen LogP contribution in [0.2, 0.25) is 0 Å². The van der Waals surface area contributed by atoms with Crippen molar-refractivity contribution in [2.75, 3.05) is 0 Å². The summed E-state index contributed by atoms with van der Waals surface area (Å²) in [5.41, 5.74) is -6.85. The van der Waals surface area contributed by atoms with E-state index in [0.29, 0.717) is 0 Å². The van der Waals surface area contributed by atoms with Gasteiger partial charge < -0.3 is 121 Å². The minimum atomic E-state index is -1.63. The van der Waals surface area contributed by atoms with Crippen molar-refractivity contribution >= 4 is 87.0 Å².